The average molecular weight is 350 g/mol. The van der Waals surface area contributed by atoms with Crippen molar-refractivity contribution in [3.8, 4) is 0 Å². The molecule has 0 aliphatic rings. The third-order valence-electron chi connectivity index (χ3n) is 3.54. The van der Waals surface area contributed by atoms with Crippen LogP contribution in [0.1, 0.15) is 18.1 Å². The minimum atomic E-state index is -5.23. The number of hydrogen-bond acceptors (Lipinski definition) is 3. The number of alkyl halides is 3. The van der Waals surface area contributed by atoms with Gasteiger partial charge in [0.1, 0.15) is 0 Å². The first-order chi connectivity index (χ1) is 11.8. The van der Waals surface area contributed by atoms with Crippen molar-refractivity contribution in [3.63, 3.8) is 0 Å². The number of carbonyl (C=O) groups is 1. The zero-order valence-corrected chi connectivity index (χ0v) is 13.5. The van der Waals surface area contributed by atoms with Crippen LogP contribution in [0.5, 0.6) is 0 Å². The smallest absolute Gasteiger partial charge is 0.431 e. The number of esters is 1. The van der Waals surface area contributed by atoms with Gasteiger partial charge in [0.25, 0.3) is 5.60 Å². The van der Waals surface area contributed by atoms with Crippen molar-refractivity contribution >= 4 is 11.5 Å². The Hall–Kier alpha value is -2.60. The largest absolute Gasteiger partial charge is 0.463 e. The van der Waals surface area contributed by atoms with E-state index in [-0.39, 0.29) is 12.2 Å². The summed E-state index contributed by atoms with van der Waals surface area (Å²) < 4.78 is 44.9. The van der Waals surface area contributed by atoms with E-state index in [9.17, 15) is 23.1 Å². The molecule has 0 amide bonds. The highest BCUT2D eigenvalue weighted by Gasteiger charge is 2.59. The number of benzene rings is 2. The Morgan fingerprint density at radius 3 is 1.80 bits per heavy atom. The van der Waals surface area contributed by atoms with E-state index in [4.69, 9.17) is 0 Å². The maximum atomic E-state index is 13.5. The SMILES string of the molecule is CCOC(=O)[C@](O)(C=C(c1ccccc1)c1ccccc1)C(F)(F)F. The van der Waals surface area contributed by atoms with E-state index < -0.39 is 17.7 Å². The Kier molecular flexibility index (Phi) is 5.64. The molecular formula is C19H17F3O3. The van der Waals surface area contributed by atoms with E-state index in [0.717, 1.165) is 0 Å². The average Bonchev–Trinajstić information content (AvgIpc) is 2.60. The molecule has 0 unspecified atom stereocenters. The first kappa shape index (κ1) is 18.7. The van der Waals surface area contributed by atoms with Gasteiger partial charge in [-0.3, -0.25) is 0 Å². The first-order valence-corrected chi connectivity index (χ1v) is 7.59. The van der Waals surface area contributed by atoms with Crippen LogP contribution >= 0.6 is 0 Å². The monoisotopic (exact) mass is 350 g/mol. The lowest BCUT2D eigenvalue weighted by atomic mass is 9.91. The summed E-state index contributed by atoms with van der Waals surface area (Å²) in [6.07, 6.45) is -4.72. The van der Waals surface area contributed by atoms with E-state index in [0.29, 0.717) is 17.2 Å². The minimum Gasteiger partial charge on any atom is -0.463 e. The second kappa shape index (κ2) is 7.53. The van der Waals surface area contributed by atoms with Crippen LogP contribution in [0.3, 0.4) is 0 Å². The molecule has 2 aromatic rings. The summed E-state index contributed by atoms with van der Waals surface area (Å²) in [4.78, 5) is 11.9. The molecule has 2 rings (SSSR count). The summed E-state index contributed by atoms with van der Waals surface area (Å²) in [5, 5.41) is 10.2. The van der Waals surface area contributed by atoms with Crippen LogP contribution < -0.4 is 0 Å². The van der Waals surface area contributed by atoms with E-state index in [1.54, 1.807) is 60.7 Å². The molecule has 0 bridgehead atoms. The Labute approximate surface area is 143 Å². The molecule has 0 heterocycles. The van der Waals surface area contributed by atoms with Crippen molar-refractivity contribution in [1.29, 1.82) is 0 Å². The van der Waals surface area contributed by atoms with Gasteiger partial charge < -0.3 is 9.84 Å². The van der Waals surface area contributed by atoms with Gasteiger partial charge in [0.2, 0.25) is 0 Å². The number of aliphatic hydroxyl groups is 1. The van der Waals surface area contributed by atoms with Gasteiger partial charge in [0.15, 0.2) is 0 Å². The predicted octanol–water partition coefficient (Wildman–Crippen LogP) is 3.97. The van der Waals surface area contributed by atoms with Crippen molar-refractivity contribution in [3.05, 3.63) is 77.9 Å². The third-order valence-corrected chi connectivity index (χ3v) is 3.54. The fraction of sp³-hybridized carbons (Fsp3) is 0.211. The molecule has 3 nitrogen and oxygen atoms in total. The molecule has 0 aliphatic heterocycles. The topological polar surface area (TPSA) is 46.5 Å². The van der Waals surface area contributed by atoms with Gasteiger partial charge in [0, 0.05) is 0 Å². The Bertz CT molecular complexity index is 698. The van der Waals surface area contributed by atoms with E-state index >= 15 is 0 Å². The van der Waals surface area contributed by atoms with Gasteiger partial charge in [-0.15, -0.1) is 0 Å². The molecule has 6 heteroatoms. The predicted molar refractivity (Wildman–Crippen MR) is 87.6 cm³/mol. The van der Waals surface area contributed by atoms with Gasteiger partial charge >= 0.3 is 12.1 Å². The van der Waals surface area contributed by atoms with Crippen LogP contribution in [-0.2, 0) is 9.53 Å². The molecule has 0 radical (unpaired) electrons. The normalized spacial score (nSPS) is 13.6. The lowest BCUT2D eigenvalue weighted by molar-refractivity contribution is -0.245. The van der Waals surface area contributed by atoms with E-state index in [2.05, 4.69) is 4.74 Å². The lowest BCUT2D eigenvalue weighted by Crippen LogP contribution is -2.51. The molecule has 0 saturated heterocycles. The van der Waals surface area contributed by atoms with Crippen LogP contribution in [0, 0.1) is 0 Å². The zero-order chi connectivity index (χ0) is 18.5. The maximum Gasteiger partial charge on any atom is 0.431 e. The molecule has 0 aliphatic carbocycles. The standard InChI is InChI=1S/C19H17F3O3/c1-2-25-17(23)18(24,19(20,21)22)13-16(14-9-5-3-6-10-14)15-11-7-4-8-12-15/h3-13,24H,2H2,1H3/t18-/m1/s1. The second-order valence-corrected chi connectivity index (χ2v) is 5.27. The van der Waals surface area contributed by atoms with Crippen molar-refractivity contribution in [2.45, 2.75) is 18.7 Å². The molecule has 132 valence electrons. The number of rotatable bonds is 5. The Balaban J connectivity index is 2.67. The lowest BCUT2D eigenvalue weighted by Gasteiger charge is -2.26. The van der Waals surface area contributed by atoms with Gasteiger partial charge in [0.05, 0.1) is 6.61 Å². The van der Waals surface area contributed by atoms with Gasteiger partial charge in [-0.25, -0.2) is 4.79 Å². The van der Waals surface area contributed by atoms with Crippen LogP contribution in [-0.4, -0.2) is 29.5 Å². The molecule has 1 atom stereocenters. The molecular weight excluding hydrogens is 333 g/mol. The summed E-state index contributed by atoms with van der Waals surface area (Å²) in [5.74, 6) is -1.76. The number of hydrogen-bond donors (Lipinski definition) is 1. The van der Waals surface area contributed by atoms with Crippen molar-refractivity contribution < 1.29 is 27.8 Å². The van der Waals surface area contributed by atoms with Crippen LogP contribution in [0.2, 0.25) is 0 Å². The highest BCUT2D eigenvalue weighted by molar-refractivity contribution is 5.89. The van der Waals surface area contributed by atoms with Crippen molar-refractivity contribution in [2.24, 2.45) is 0 Å². The van der Waals surface area contributed by atoms with Crippen molar-refractivity contribution in [2.75, 3.05) is 6.61 Å². The summed E-state index contributed by atoms with van der Waals surface area (Å²) in [5.41, 5.74) is -2.81. The van der Waals surface area contributed by atoms with Gasteiger partial charge in [-0.1, -0.05) is 60.7 Å². The number of carbonyl (C=O) groups excluding carboxylic acids is 1. The zero-order valence-electron chi connectivity index (χ0n) is 13.5. The first-order valence-electron chi connectivity index (χ1n) is 7.59. The molecule has 2 aromatic carbocycles. The van der Waals surface area contributed by atoms with Crippen LogP contribution in [0.25, 0.3) is 5.57 Å². The molecule has 1 N–H and O–H groups in total. The van der Waals surface area contributed by atoms with E-state index in [1.807, 2.05) is 0 Å². The third kappa shape index (κ3) is 4.09. The second-order valence-electron chi connectivity index (χ2n) is 5.27. The fourth-order valence-electron chi connectivity index (χ4n) is 2.28. The minimum absolute atomic E-state index is 0.0779. The highest BCUT2D eigenvalue weighted by Crippen LogP contribution is 2.37. The molecule has 0 spiro atoms. The summed E-state index contributed by atoms with van der Waals surface area (Å²) in [7, 11) is 0. The Morgan fingerprint density at radius 2 is 1.44 bits per heavy atom. The van der Waals surface area contributed by atoms with Crippen LogP contribution in [0.4, 0.5) is 13.2 Å². The maximum absolute atomic E-state index is 13.5. The van der Waals surface area contributed by atoms with Crippen LogP contribution in [0.15, 0.2) is 66.7 Å². The fourth-order valence-corrected chi connectivity index (χ4v) is 2.28. The number of ether oxygens (including phenoxy) is 1. The summed E-state index contributed by atoms with van der Waals surface area (Å²) in [6, 6.07) is 16.4. The number of halogens is 3. The van der Waals surface area contributed by atoms with Crippen molar-refractivity contribution in [1.82, 2.24) is 0 Å². The van der Waals surface area contributed by atoms with Gasteiger partial charge in [-0.05, 0) is 29.7 Å². The summed E-state index contributed by atoms with van der Waals surface area (Å²) >= 11 is 0. The highest BCUT2D eigenvalue weighted by atomic mass is 19.4. The van der Waals surface area contributed by atoms with E-state index in [1.165, 1.54) is 6.92 Å². The molecule has 0 saturated carbocycles. The Morgan fingerprint density at radius 1 is 1.00 bits per heavy atom. The summed E-state index contributed by atoms with van der Waals surface area (Å²) in [6.45, 7) is 1.09. The van der Waals surface area contributed by atoms with Gasteiger partial charge in [-0.2, -0.15) is 13.2 Å². The quantitative estimate of drug-likeness (QED) is 0.830. The molecule has 25 heavy (non-hydrogen) atoms. The molecule has 0 fully saturated rings. The molecule has 0 aromatic heterocycles.